The molecular weight excluding hydrogens is 244 g/mol. The summed E-state index contributed by atoms with van der Waals surface area (Å²) in [5.41, 5.74) is 7.68. The smallest absolute Gasteiger partial charge is 0.233 e. The molecule has 4 heteroatoms. The fraction of sp³-hybridized carbons (Fsp3) is 0.500. The van der Waals surface area contributed by atoms with Crippen molar-refractivity contribution in [3.8, 4) is 0 Å². The molecule has 1 aromatic rings. The van der Waals surface area contributed by atoms with Gasteiger partial charge >= 0.3 is 0 Å². The molecule has 1 aromatic carbocycles. The number of nitrogen functional groups attached to an aromatic ring is 1. The van der Waals surface area contributed by atoms with Crippen LogP contribution in [0.2, 0.25) is 0 Å². The maximum atomic E-state index is 11.9. The van der Waals surface area contributed by atoms with Crippen LogP contribution in [0, 0.1) is 12.8 Å². The monoisotopic (exact) mass is 266 g/mol. The molecule has 0 saturated carbocycles. The van der Waals surface area contributed by atoms with Crippen molar-refractivity contribution >= 4 is 23.4 Å². The SMILES string of the molecule is Cc1c(N)cccc1SC(C)C(=O)NCC(C)C. The summed E-state index contributed by atoms with van der Waals surface area (Å²) in [5, 5.41) is 2.84. The summed E-state index contributed by atoms with van der Waals surface area (Å²) in [6.07, 6.45) is 0. The van der Waals surface area contributed by atoms with Gasteiger partial charge in [-0.2, -0.15) is 0 Å². The molecule has 0 aliphatic carbocycles. The Labute approximate surface area is 114 Å². The first kappa shape index (κ1) is 14.9. The molecule has 1 atom stereocenters. The third kappa shape index (κ3) is 4.26. The van der Waals surface area contributed by atoms with E-state index in [2.05, 4.69) is 19.2 Å². The summed E-state index contributed by atoms with van der Waals surface area (Å²) in [4.78, 5) is 13.0. The number of thioether (sulfide) groups is 1. The maximum absolute atomic E-state index is 11.9. The van der Waals surface area contributed by atoms with E-state index in [4.69, 9.17) is 5.73 Å². The van der Waals surface area contributed by atoms with Crippen LogP contribution in [0.3, 0.4) is 0 Å². The molecule has 1 rings (SSSR count). The maximum Gasteiger partial charge on any atom is 0.233 e. The number of anilines is 1. The van der Waals surface area contributed by atoms with Crippen LogP contribution in [0.4, 0.5) is 5.69 Å². The molecule has 0 spiro atoms. The van der Waals surface area contributed by atoms with E-state index in [1.165, 1.54) is 0 Å². The van der Waals surface area contributed by atoms with Crippen LogP contribution in [-0.2, 0) is 4.79 Å². The van der Waals surface area contributed by atoms with Gasteiger partial charge in [0, 0.05) is 17.1 Å². The van der Waals surface area contributed by atoms with Crippen molar-refractivity contribution in [1.29, 1.82) is 0 Å². The summed E-state index contributed by atoms with van der Waals surface area (Å²) in [7, 11) is 0. The zero-order valence-electron chi connectivity index (χ0n) is 11.5. The van der Waals surface area contributed by atoms with Crippen LogP contribution in [0.15, 0.2) is 23.1 Å². The number of nitrogens with two attached hydrogens (primary N) is 1. The van der Waals surface area contributed by atoms with Gasteiger partial charge in [-0.3, -0.25) is 4.79 Å². The van der Waals surface area contributed by atoms with Gasteiger partial charge in [-0.25, -0.2) is 0 Å². The lowest BCUT2D eigenvalue weighted by Crippen LogP contribution is -2.33. The fourth-order valence-corrected chi connectivity index (χ4v) is 2.47. The number of amides is 1. The molecule has 1 unspecified atom stereocenters. The molecule has 3 nitrogen and oxygen atoms in total. The minimum absolute atomic E-state index is 0.0792. The van der Waals surface area contributed by atoms with Crippen molar-refractivity contribution in [3.05, 3.63) is 23.8 Å². The van der Waals surface area contributed by atoms with E-state index in [1.807, 2.05) is 32.0 Å². The molecule has 0 bridgehead atoms. The quantitative estimate of drug-likeness (QED) is 0.636. The molecule has 0 aliphatic heterocycles. The number of hydrogen-bond donors (Lipinski definition) is 2. The second-order valence-corrected chi connectivity index (χ2v) is 6.25. The average molecular weight is 266 g/mol. The molecule has 0 aromatic heterocycles. The van der Waals surface area contributed by atoms with E-state index in [0.29, 0.717) is 5.92 Å². The number of carbonyl (C=O) groups is 1. The fourth-order valence-electron chi connectivity index (χ4n) is 1.45. The molecule has 0 saturated heterocycles. The topological polar surface area (TPSA) is 55.1 Å². The Morgan fingerprint density at radius 3 is 2.67 bits per heavy atom. The summed E-state index contributed by atoms with van der Waals surface area (Å²) in [6, 6.07) is 5.80. The zero-order valence-corrected chi connectivity index (χ0v) is 12.3. The summed E-state index contributed by atoms with van der Waals surface area (Å²) in [5.74, 6) is 0.552. The third-order valence-corrected chi connectivity index (χ3v) is 3.95. The predicted octanol–water partition coefficient (Wildman–Crippen LogP) is 2.83. The van der Waals surface area contributed by atoms with Crippen molar-refractivity contribution in [2.75, 3.05) is 12.3 Å². The Balaban J connectivity index is 2.61. The van der Waals surface area contributed by atoms with Gasteiger partial charge in [-0.1, -0.05) is 19.9 Å². The number of hydrogen-bond acceptors (Lipinski definition) is 3. The Morgan fingerprint density at radius 1 is 1.39 bits per heavy atom. The van der Waals surface area contributed by atoms with E-state index in [-0.39, 0.29) is 11.2 Å². The number of nitrogens with one attached hydrogen (secondary N) is 1. The Kier molecular flexibility index (Phi) is 5.54. The second-order valence-electron chi connectivity index (χ2n) is 4.87. The van der Waals surface area contributed by atoms with Crippen LogP contribution in [0.25, 0.3) is 0 Å². The first-order valence-electron chi connectivity index (χ1n) is 6.21. The summed E-state index contributed by atoms with van der Waals surface area (Å²) in [6.45, 7) is 8.79. The largest absolute Gasteiger partial charge is 0.398 e. The molecule has 100 valence electrons. The van der Waals surface area contributed by atoms with E-state index in [0.717, 1.165) is 22.7 Å². The molecular formula is C14H22N2OS. The number of carbonyl (C=O) groups excluding carboxylic acids is 1. The van der Waals surface area contributed by atoms with E-state index >= 15 is 0 Å². The lowest BCUT2D eigenvalue weighted by Gasteiger charge is -2.15. The van der Waals surface area contributed by atoms with Crippen molar-refractivity contribution in [2.45, 2.75) is 37.8 Å². The zero-order chi connectivity index (χ0) is 13.7. The van der Waals surface area contributed by atoms with E-state index < -0.39 is 0 Å². The molecule has 0 fully saturated rings. The van der Waals surface area contributed by atoms with Crippen LogP contribution in [0.1, 0.15) is 26.3 Å². The van der Waals surface area contributed by atoms with Gasteiger partial charge in [-0.05, 0) is 37.5 Å². The highest BCUT2D eigenvalue weighted by Gasteiger charge is 2.15. The van der Waals surface area contributed by atoms with Gasteiger partial charge in [0.1, 0.15) is 0 Å². The van der Waals surface area contributed by atoms with Gasteiger partial charge in [-0.15, -0.1) is 11.8 Å². The number of benzene rings is 1. The first-order chi connectivity index (χ1) is 8.41. The van der Waals surface area contributed by atoms with Crippen molar-refractivity contribution in [3.63, 3.8) is 0 Å². The highest BCUT2D eigenvalue weighted by atomic mass is 32.2. The highest BCUT2D eigenvalue weighted by molar-refractivity contribution is 8.00. The Morgan fingerprint density at radius 2 is 2.06 bits per heavy atom. The third-order valence-electron chi connectivity index (χ3n) is 2.68. The standard InChI is InChI=1S/C14H22N2OS/c1-9(2)8-16-14(17)11(4)18-13-7-5-6-12(15)10(13)3/h5-7,9,11H,8,15H2,1-4H3,(H,16,17). The van der Waals surface area contributed by atoms with Crippen LogP contribution >= 0.6 is 11.8 Å². The molecule has 0 heterocycles. The highest BCUT2D eigenvalue weighted by Crippen LogP contribution is 2.29. The Hall–Kier alpha value is -1.16. The molecule has 1 amide bonds. The Bertz CT molecular complexity index is 418. The average Bonchev–Trinajstić information content (AvgIpc) is 2.31. The second kappa shape index (κ2) is 6.69. The predicted molar refractivity (Wildman–Crippen MR) is 78.8 cm³/mol. The van der Waals surface area contributed by atoms with Crippen molar-refractivity contribution in [1.82, 2.24) is 5.32 Å². The van der Waals surface area contributed by atoms with Gasteiger partial charge in [0.15, 0.2) is 0 Å². The van der Waals surface area contributed by atoms with Crippen LogP contribution in [-0.4, -0.2) is 17.7 Å². The van der Waals surface area contributed by atoms with E-state index in [9.17, 15) is 4.79 Å². The van der Waals surface area contributed by atoms with Crippen molar-refractivity contribution < 1.29 is 4.79 Å². The number of rotatable bonds is 5. The van der Waals surface area contributed by atoms with Gasteiger partial charge < -0.3 is 11.1 Å². The van der Waals surface area contributed by atoms with Gasteiger partial charge in [0.2, 0.25) is 5.91 Å². The van der Waals surface area contributed by atoms with Crippen molar-refractivity contribution in [2.24, 2.45) is 5.92 Å². The first-order valence-corrected chi connectivity index (χ1v) is 7.09. The molecule has 3 N–H and O–H groups in total. The van der Waals surface area contributed by atoms with Crippen LogP contribution in [0.5, 0.6) is 0 Å². The lowest BCUT2D eigenvalue weighted by molar-refractivity contribution is -0.120. The normalized spacial score (nSPS) is 12.5. The van der Waals surface area contributed by atoms with Crippen LogP contribution < -0.4 is 11.1 Å². The minimum atomic E-state index is -0.107. The van der Waals surface area contributed by atoms with Gasteiger partial charge in [0.25, 0.3) is 0 Å². The molecule has 0 radical (unpaired) electrons. The van der Waals surface area contributed by atoms with Gasteiger partial charge in [0.05, 0.1) is 5.25 Å². The summed E-state index contributed by atoms with van der Waals surface area (Å²) < 4.78 is 0. The minimum Gasteiger partial charge on any atom is -0.398 e. The van der Waals surface area contributed by atoms with E-state index in [1.54, 1.807) is 11.8 Å². The molecule has 18 heavy (non-hydrogen) atoms. The summed E-state index contributed by atoms with van der Waals surface area (Å²) >= 11 is 1.55. The lowest BCUT2D eigenvalue weighted by atomic mass is 10.2. The molecule has 0 aliphatic rings.